The van der Waals surface area contributed by atoms with Crippen LogP contribution in [-0.4, -0.2) is 25.0 Å². The number of nitrogens with one attached hydrogen (secondary N) is 1. The van der Waals surface area contributed by atoms with E-state index in [1.54, 1.807) is 0 Å². The predicted molar refractivity (Wildman–Crippen MR) is 79.7 cm³/mol. The summed E-state index contributed by atoms with van der Waals surface area (Å²) in [6.07, 6.45) is 3.75. The summed E-state index contributed by atoms with van der Waals surface area (Å²) in [6.45, 7) is 8.77. The van der Waals surface area contributed by atoms with Crippen LogP contribution in [0.15, 0.2) is 24.3 Å². The molecule has 0 atom stereocenters. The molecule has 18 heavy (non-hydrogen) atoms. The van der Waals surface area contributed by atoms with Crippen LogP contribution in [0.5, 0.6) is 0 Å². The van der Waals surface area contributed by atoms with Crippen molar-refractivity contribution in [3.63, 3.8) is 0 Å². The Labute approximate surface area is 112 Å². The van der Waals surface area contributed by atoms with Gasteiger partial charge in [0.2, 0.25) is 0 Å². The van der Waals surface area contributed by atoms with Crippen molar-refractivity contribution < 1.29 is 0 Å². The Morgan fingerprint density at radius 1 is 1.00 bits per heavy atom. The predicted octanol–water partition coefficient (Wildman–Crippen LogP) is 3.42. The van der Waals surface area contributed by atoms with Gasteiger partial charge in [0.1, 0.15) is 0 Å². The first-order valence-electron chi connectivity index (χ1n) is 7.23. The fraction of sp³-hybridized carbons (Fsp3) is 0.625. The molecular formula is C16H28N2. The van der Waals surface area contributed by atoms with E-state index in [9.17, 15) is 0 Å². The highest BCUT2D eigenvalue weighted by Gasteiger charge is 2.00. The Morgan fingerprint density at radius 2 is 1.67 bits per heavy atom. The first-order chi connectivity index (χ1) is 8.76. The largest absolute Gasteiger partial charge is 0.313 e. The molecule has 0 spiro atoms. The van der Waals surface area contributed by atoms with Gasteiger partial charge in [-0.2, -0.15) is 0 Å². The molecule has 0 unspecified atom stereocenters. The van der Waals surface area contributed by atoms with E-state index >= 15 is 0 Å². The summed E-state index contributed by atoms with van der Waals surface area (Å²) in [4.78, 5) is 2.40. The molecule has 0 saturated carbocycles. The van der Waals surface area contributed by atoms with Crippen molar-refractivity contribution in [1.29, 1.82) is 0 Å². The molecule has 0 radical (unpaired) electrons. The van der Waals surface area contributed by atoms with Gasteiger partial charge in [-0.3, -0.25) is 0 Å². The van der Waals surface area contributed by atoms with Crippen LogP contribution < -0.4 is 5.32 Å². The van der Waals surface area contributed by atoms with Gasteiger partial charge in [-0.1, -0.05) is 44.5 Å². The number of unbranched alkanes of at least 4 members (excludes halogenated alkanes) is 1. The summed E-state index contributed by atoms with van der Waals surface area (Å²) in [5.41, 5.74) is 2.79. The Balaban J connectivity index is 2.35. The van der Waals surface area contributed by atoms with E-state index in [1.807, 2.05) is 0 Å². The summed E-state index contributed by atoms with van der Waals surface area (Å²) in [5, 5.41) is 3.43. The molecule has 1 aromatic carbocycles. The van der Waals surface area contributed by atoms with Crippen molar-refractivity contribution >= 4 is 0 Å². The number of nitrogens with zero attached hydrogens (tertiary/aromatic N) is 1. The van der Waals surface area contributed by atoms with Gasteiger partial charge in [-0.15, -0.1) is 0 Å². The third kappa shape index (κ3) is 6.18. The van der Waals surface area contributed by atoms with Crippen molar-refractivity contribution in [2.24, 2.45) is 0 Å². The maximum absolute atomic E-state index is 3.43. The highest BCUT2D eigenvalue weighted by molar-refractivity contribution is 5.22. The molecule has 0 aromatic heterocycles. The van der Waals surface area contributed by atoms with E-state index in [0.717, 1.165) is 19.6 Å². The minimum Gasteiger partial charge on any atom is -0.313 e. The average Bonchev–Trinajstić information content (AvgIpc) is 2.39. The van der Waals surface area contributed by atoms with Gasteiger partial charge in [0.05, 0.1) is 0 Å². The highest BCUT2D eigenvalue weighted by atomic mass is 15.1. The van der Waals surface area contributed by atoms with E-state index in [4.69, 9.17) is 0 Å². The molecule has 0 saturated heterocycles. The van der Waals surface area contributed by atoms with Crippen LogP contribution in [0.3, 0.4) is 0 Å². The standard InChI is InChI=1S/C16H28N2/c1-4-6-12-18(3)14-16-9-7-15(8-10-16)13-17-11-5-2/h7-10,17H,4-6,11-14H2,1-3H3. The summed E-state index contributed by atoms with van der Waals surface area (Å²) in [5.74, 6) is 0. The molecule has 0 aliphatic heterocycles. The molecule has 1 N–H and O–H groups in total. The Morgan fingerprint density at radius 3 is 2.28 bits per heavy atom. The molecule has 0 bridgehead atoms. The van der Waals surface area contributed by atoms with Crippen molar-refractivity contribution in [3.8, 4) is 0 Å². The zero-order valence-electron chi connectivity index (χ0n) is 12.2. The Hall–Kier alpha value is -0.860. The fourth-order valence-electron chi connectivity index (χ4n) is 1.99. The SMILES string of the molecule is CCCCN(C)Cc1ccc(CNCCC)cc1. The molecule has 0 amide bonds. The summed E-state index contributed by atoms with van der Waals surface area (Å²) in [6, 6.07) is 8.99. The van der Waals surface area contributed by atoms with Crippen molar-refractivity contribution in [3.05, 3.63) is 35.4 Å². The Bertz CT molecular complexity index is 305. The molecule has 0 aliphatic rings. The molecule has 0 fully saturated rings. The third-order valence-corrected chi connectivity index (χ3v) is 3.12. The molecular weight excluding hydrogens is 220 g/mol. The van der Waals surface area contributed by atoms with Gasteiger partial charge in [0.25, 0.3) is 0 Å². The second kappa shape index (κ2) is 9.12. The molecule has 1 rings (SSSR count). The first kappa shape index (κ1) is 15.2. The van der Waals surface area contributed by atoms with Crippen molar-refractivity contribution in [2.75, 3.05) is 20.1 Å². The molecule has 0 heterocycles. The second-order valence-electron chi connectivity index (χ2n) is 5.08. The van der Waals surface area contributed by atoms with E-state index in [1.165, 1.54) is 36.9 Å². The van der Waals surface area contributed by atoms with Crippen molar-refractivity contribution in [1.82, 2.24) is 10.2 Å². The number of hydrogen-bond donors (Lipinski definition) is 1. The lowest BCUT2D eigenvalue weighted by Gasteiger charge is -2.16. The lowest BCUT2D eigenvalue weighted by atomic mass is 10.1. The van der Waals surface area contributed by atoms with E-state index in [-0.39, 0.29) is 0 Å². The number of rotatable bonds is 9. The van der Waals surface area contributed by atoms with Crippen LogP contribution in [0.1, 0.15) is 44.2 Å². The van der Waals surface area contributed by atoms with Gasteiger partial charge in [-0.25, -0.2) is 0 Å². The van der Waals surface area contributed by atoms with Crippen molar-refractivity contribution in [2.45, 2.75) is 46.2 Å². The second-order valence-corrected chi connectivity index (χ2v) is 5.08. The van der Waals surface area contributed by atoms with Crippen LogP contribution >= 0.6 is 0 Å². The molecule has 2 heteroatoms. The Kier molecular flexibility index (Phi) is 7.70. The molecule has 102 valence electrons. The van der Waals surface area contributed by atoms with Gasteiger partial charge in [0.15, 0.2) is 0 Å². The normalized spacial score (nSPS) is 11.1. The lowest BCUT2D eigenvalue weighted by Crippen LogP contribution is -2.19. The number of benzene rings is 1. The molecule has 1 aromatic rings. The van der Waals surface area contributed by atoms with Crippen LogP contribution in [-0.2, 0) is 13.1 Å². The molecule has 2 nitrogen and oxygen atoms in total. The lowest BCUT2D eigenvalue weighted by molar-refractivity contribution is 0.321. The minimum atomic E-state index is 0.986. The maximum Gasteiger partial charge on any atom is 0.0230 e. The van der Waals surface area contributed by atoms with Gasteiger partial charge in [-0.05, 0) is 44.1 Å². The summed E-state index contributed by atoms with van der Waals surface area (Å²) in [7, 11) is 2.20. The smallest absolute Gasteiger partial charge is 0.0230 e. The topological polar surface area (TPSA) is 15.3 Å². The van der Waals surface area contributed by atoms with E-state index in [0.29, 0.717) is 0 Å². The number of hydrogen-bond acceptors (Lipinski definition) is 2. The van der Waals surface area contributed by atoms with Crippen LogP contribution in [0, 0.1) is 0 Å². The summed E-state index contributed by atoms with van der Waals surface area (Å²) >= 11 is 0. The van der Waals surface area contributed by atoms with Crippen LogP contribution in [0.4, 0.5) is 0 Å². The first-order valence-corrected chi connectivity index (χ1v) is 7.23. The van der Waals surface area contributed by atoms with Gasteiger partial charge >= 0.3 is 0 Å². The maximum atomic E-state index is 3.43. The molecule has 0 aliphatic carbocycles. The third-order valence-electron chi connectivity index (χ3n) is 3.12. The monoisotopic (exact) mass is 248 g/mol. The quantitative estimate of drug-likeness (QED) is 0.674. The summed E-state index contributed by atoms with van der Waals surface area (Å²) < 4.78 is 0. The average molecular weight is 248 g/mol. The fourth-order valence-corrected chi connectivity index (χ4v) is 1.99. The van der Waals surface area contributed by atoms with Crippen LogP contribution in [0.2, 0.25) is 0 Å². The zero-order valence-corrected chi connectivity index (χ0v) is 12.2. The van der Waals surface area contributed by atoms with Crippen LogP contribution in [0.25, 0.3) is 0 Å². The van der Waals surface area contributed by atoms with Gasteiger partial charge < -0.3 is 10.2 Å². The zero-order chi connectivity index (χ0) is 13.2. The van der Waals surface area contributed by atoms with Gasteiger partial charge in [0, 0.05) is 13.1 Å². The van der Waals surface area contributed by atoms with E-state index in [2.05, 4.69) is 55.4 Å². The van der Waals surface area contributed by atoms with E-state index < -0.39 is 0 Å². The highest BCUT2D eigenvalue weighted by Crippen LogP contribution is 2.07. The minimum absolute atomic E-state index is 0.986.